The topological polar surface area (TPSA) is 35.5 Å². The fourth-order valence-corrected chi connectivity index (χ4v) is 2.34. The average Bonchev–Trinajstić information content (AvgIpc) is 2.40. The van der Waals surface area contributed by atoms with Crippen LogP contribution in [0.25, 0.3) is 10.8 Å². The van der Waals surface area contributed by atoms with Crippen molar-refractivity contribution in [1.82, 2.24) is 0 Å². The van der Waals surface area contributed by atoms with E-state index in [0.717, 1.165) is 5.39 Å². The lowest BCUT2D eigenvalue weighted by molar-refractivity contribution is 0.0689. The lowest BCUT2D eigenvalue weighted by Crippen LogP contribution is -2.20. The predicted molar refractivity (Wildman–Crippen MR) is 85.4 cm³/mol. The van der Waals surface area contributed by atoms with Crippen molar-refractivity contribution in [2.24, 2.45) is 5.41 Å². The van der Waals surface area contributed by atoms with Crippen LogP contribution >= 0.6 is 23.2 Å². The molecule has 0 heterocycles. The van der Waals surface area contributed by atoms with Crippen molar-refractivity contribution >= 4 is 40.1 Å². The molecule has 0 aliphatic carbocycles. The summed E-state index contributed by atoms with van der Waals surface area (Å²) in [6, 6.07) is 8.85. The summed E-state index contributed by atoms with van der Waals surface area (Å²) in [6.45, 7) is 6.15. The minimum absolute atomic E-state index is 0.134. The molecule has 0 N–H and O–H groups in total. The molecule has 0 fully saturated rings. The van der Waals surface area contributed by atoms with Gasteiger partial charge in [-0.15, -0.1) is 0 Å². The zero-order valence-electron chi connectivity index (χ0n) is 12.1. The number of rotatable bonds is 2. The molecule has 3 nitrogen and oxygen atoms in total. The van der Waals surface area contributed by atoms with Crippen LogP contribution in [0.2, 0.25) is 10.0 Å². The first kappa shape index (κ1) is 15.9. The van der Waals surface area contributed by atoms with E-state index in [0.29, 0.717) is 10.4 Å². The molecule has 0 saturated heterocycles. The summed E-state index contributed by atoms with van der Waals surface area (Å²) in [4.78, 5) is 11.8. The van der Waals surface area contributed by atoms with Crippen LogP contribution in [-0.2, 0) is 4.74 Å². The molecule has 0 saturated carbocycles. The van der Waals surface area contributed by atoms with Crippen LogP contribution in [-0.4, -0.2) is 12.8 Å². The van der Waals surface area contributed by atoms with Gasteiger partial charge >= 0.3 is 6.16 Å². The summed E-state index contributed by atoms with van der Waals surface area (Å²) in [5, 5.41) is 2.21. The van der Waals surface area contributed by atoms with Gasteiger partial charge in [-0.25, -0.2) is 4.79 Å². The SMILES string of the molecule is CC(C)(C)COC(=O)Oc1c(Cl)cc(Cl)c2ccccc12. The first-order valence-corrected chi connectivity index (χ1v) is 7.25. The summed E-state index contributed by atoms with van der Waals surface area (Å²) >= 11 is 12.3. The molecule has 0 unspecified atom stereocenters. The molecule has 5 heteroatoms. The molecule has 112 valence electrons. The first-order valence-electron chi connectivity index (χ1n) is 6.49. The van der Waals surface area contributed by atoms with E-state index in [4.69, 9.17) is 32.7 Å². The number of hydrogen-bond donors (Lipinski definition) is 0. The molecule has 0 spiro atoms. The average molecular weight is 327 g/mol. The van der Waals surface area contributed by atoms with Crippen LogP contribution in [0, 0.1) is 5.41 Å². The molecule has 0 bridgehead atoms. The largest absolute Gasteiger partial charge is 0.513 e. The third-order valence-electron chi connectivity index (χ3n) is 2.71. The van der Waals surface area contributed by atoms with Gasteiger partial charge in [-0.05, 0) is 11.5 Å². The van der Waals surface area contributed by atoms with E-state index in [1.165, 1.54) is 0 Å². The van der Waals surface area contributed by atoms with Gasteiger partial charge < -0.3 is 9.47 Å². The molecule has 0 aliphatic rings. The minimum atomic E-state index is -0.778. The van der Waals surface area contributed by atoms with Crippen molar-refractivity contribution in [2.75, 3.05) is 6.61 Å². The zero-order valence-corrected chi connectivity index (χ0v) is 13.6. The zero-order chi connectivity index (χ0) is 15.6. The quantitative estimate of drug-likeness (QED) is 0.524. The smallest absolute Gasteiger partial charge is 0.433 e. The second-order valence-corrected chi connectivity index (χ2v) is 6.73. The molecule has 0 radical (unpaired) electrons. The highest BCUT2D eigenvalue weighted by molar-refractivity contribution is 6.40. The van der Waals surface area contributed by atoms with Gasteiger partial charge in [0.05, 0.1) is 16.7 Å². The van der Waals surface area contributed by atoms with Crippen molar-refractivity contribution in [3.8, 4) is 5.75 Å². The maximum Gasteiger partial charge on any atom is 0.513 e. The molecular weight excluding hydrogens is 311 g/mol. The normalized spacial score (nSPS) is 11.5. The van der Waals surface area contributed by atoms with E-state index in [1.54, 1.807) is 12.1 Å². The van der Waals surface area contributed by atoms with Gasteiger partial charge in [-0.1, -0.05) is 68.2 Å². The monoisotopic (exact) mass is 326 g/mol. The third-order valence-corrected chi connectivity index (χ3v) is 3.30. The standard InChI is InChI=1S/C16H16Cl2O3/c1-16(2,3)9-20-15(19)21-14-11-7-5-4-6-10(11)12(17)8-13(14)18/h4-8H,9H2,1-3H3. The fourth-order valence-electron chi connectivity index (χ4n) is 1.76. The highest BCUT2D eigenvalue weighted by atomic mass is 35.5. The van der Waals surface area contributed by atoms with Crippen LogP contribution < -0.4 is 4.74 Å². The maximum atomic E-state index is 11.8. The van der Waals surface area contributed by atoms with Gasteiger partial charge in [0, 0.05) is 10.8 Å². The van der Waals surface area contributed by atoms with Gasteiger partial charge in [0.2, 0.25) is 0 Å². The van der Waals surface area contributed by atoms with E-state index >= 15 is 0 Å². The Balaban J connectivity index is 2.28. The summed E-state index contributed by atoms with van der Waals surface area (Å²) in [7, 11) is 0. The van der Waals surface area contributed by atoms with Gasteiger partial charge in [0.25, 0.3) is 0 Å². The Kier molecular flexibility index (Phi) is 4.64. The first-order chi connectivity index (χ1) is 9.78. The summed E-state index contributed by atoms with van der Waals surface area (Å²) < 4.78 is 10.3. The van der Waals surface area contributed by atoms with E-state index in [-0.39, 0.29) is 22.8 Å². The highest BCUT2D eigenvalue weighted by Gasteiger charge is 2.18. The molecule has 2 aromatic carbocycles. The molecule has 2 rings (SSSR count). The lowest BCUT2D eigenvalue weighted by Gasteiger charge is -2.18. The lowest BCUT2D eigenvalue weighted by atomic mass is 9.99. The number of benzene rings is 2. The maximum absolute atomic E-state index is 11.8. The molecule has 2 aromatic rings. The number of halogens is 2. The van der Waals surface area contributed by atoms with E-state index in [9.17, 15) is 4.79 Å². The highest BCUT2D eigenvalue weighted by Crippen LogP contribution is 2.38. The molecule has 0 amide bonds. The van der Waals surface area contributed by atoms with Crippen molar-refractivity contribution in [3.05, 3.63) is 40.4 Å². The predicted octanol–water partition coefficient (Wildman–Crippen LogP) is 5.71. The number of carbonyl (C=O) groups is 1. The second-order valence-electron chi connectivity index (χ2n) is 5.92. The Morgan fingerprint density at radius 1 is 1.10 bits per heavy atom. The Morgan fingerprint density at radius 3 is 2.33 bits per heavy atom. The van der Waals surface area contributed by atoms with Crippen molar-refractivity contribution in [3.63, 3.8) is 0 Å². The number of fused-ring (bicyclic) bond motifs is 1. The summed E-state index contributed by atoms with van der Waals surface area (Å²) in [5.74, 6) is 0.260. The van der Waals surface area contributed by atoms with Crippen LogP contribution in [0.5, 0.6) is 5.75 Å². The van der Waals surface area contributed by atoms with Crippen LogP contribution in [0.3, 0.4) is 0 Å². The van der Waals surface area contributed by atoms with E-state index < -0.39 is 6.16 Å². The number of carbonyl (C=O) groups excluding carboxylic acids is 1. The van der Waals surface area contributed by atoms with Gasteiger partial charge in [-0.2, -0.15) is 0 Å². The van der Waals surface area contributed by atoms with Crippen LogP contribution in [0.4, 0.5) is 4.79 Å². The molecular formula is C16H16Cl2O3. The fraction of sp³-hybridized carbons (Fsp3) is 0.312. The summed E-state index contributed by atoms with van der Waals surface area (Å²) in [6.07, 6.45) is -0.778. The van der Waals surface area contributed by atoms with Crippen molar-refractivity contribution in [2.45, 2.75) is 20.8 Å². The number of hydrogen-bond acceptors (Lipinski definition) is 3. The van der Waals surface area contributed by atoms with Crippen molar-refractivity contribution in [1.29, 1.82) is 0 Å². The summed E-state index contributed by atoms with van der Waals surface area (Å²) in [5.41, 5.74) is -0.134. The van der Waals surface area contributed by atoms with Crippen LogP contribution in [0.1, 0.15) is 20.8 Å². The third kappa shape index (κ3) is 4.02. The molecule has 21 heavy (non-hydrogen) atoms. The Bertz CT molecular complexity index is 675. The van der Waals surface area contributed by atoms with Crippen LogP contribution in [0.15, 0.2) is 30.3 Å². The molecule has 0 aliphatic heterocycles. The minimum Gasteiger partial charge on any atom is -0.433 e. The van der Waals surface area contributed by atoms with E-state index in [1.807, 2.05) is 39.0 Å². The molecule has 0 atom stereocenters. The second kappa shape index (κ2) is 6.12. The number of ether oxygens (including phenoxy) is 2. The van der Waals surface area contributed by atoms with Gasteiger partial charge in [0.1, 0.15) is 0 Å². The Morgan fingerprint density at radius 2 is 1.71 bits per heavy atom. The van der Waals surface area contributed by atoms with E-state index in [2.05, 4.69) is 0 Å². The van der Waals surface area contributed by atoms with Gasteiger partial charge in [0.15, 0.2) is 5.75 Å². The Hall–Kier alpha value is -1.45. The van der Waals surface area contributed by atoms with Gasteiger partial charge in [-0.3, -0.25) is 0 Å². The molecule has 0 aromatic heterocycles. The van der Waals surface area contributed by atoms with Crippen molar-refractivity contribution < 1.29 is 14.3 Å². The Labute approximate surface area is 133 Å².